The minimum atomic E-state index is -1.38. The molecule has 0 amide bonds. The lowest BCUT2D eigenvalue weighted by atomic mass is 9.60. The van der Waals surface area contributed by atoms with Crippen molar-refractivity contribution in [2.75, 3.05) is 0 Å². The van der Waals surface area contributed by atoms with Crippen LogP contribution in [0.3, 0.4) is 0 Å². The Morgan fingerprint density at radius 3 is 2.00 bits per heavy atom. The summed E-state index contributed by atoms with van der Waals surface area (Å²) in [6.07, 6.45) is 0. The molecule has 0 unspecified atom stereocenters. The van der Waals surface area contributed by atoms with Gasteiger partial charge in [0.15, 0.2) is 17.3 Å². The Kier molecular flexibility index (Phi) is 4.66. The summed E-state index contributed by atoms with van der Waals surface area (Å²) in [5, 5.41) is 12.0. The maximum Gasteiger partial charge on any atom is 0.183 e. The average molecular weight is 414 g/mol. The number of benzene rings is 1. The highest BCUT2D eigenvalue weighted by atomic mass is 32.1. The Labute approximate surface area is 174 Å². The second-order valence-corrected chi connectivity index (χ2v) is 10.8. The van der Waals surface area contributed by atoms with Crippen LogP contribution in [0.25, 0.3) is 16.0 Å². The normalized spacial score (nSPS) is 19.2. The summed E-state index contributed by atoms with van der Waals surface area (Å²) in [4.78, 5) is 43.4. The van der Waals surface area contributed by atoms with E-state index in [0.29, 0.717) is 11.1 Å². The lowest BCUT2D eigenvalue weighted by Crippen LogP contribution is -2.54. The number of thiazole rings is 1. The Morgan fingerprint density at radius 1 is 1.00 bits per heavy atom. The summed E-state index contributed by atoms with van der Waals surface area (Å²) in [7, 11) is 0. The molecule has 1 aliphatic carbocycles. The number of aryl methyl sites for hydroxylation is 1. The fourth-order valence-corrected chi connectivity index (χ4v) is 4.85. The van der Waals surface area contributed by atoms with Crippen LogP contribution in [-0.2, 0) is 19.8 Å². The number of fused-ring (bicyclic) bond motifs is 1. The Balaban J connectivity index is 2.27. The van der Waals surface area contributed by atoms with E-state index in [0.717, 1.165) is 15.2 Å². The van der Waals surface area contributed by atoms with Crippen LogP contribution < -0.4 is 0 Å². The number of rotatable bonds is 1. The first kappa shape index (κ1) is 21.4. The van der Waals surface area contributed by atoms with Gasteiger partial charge in [-0.15, -0.1) is 11.3 Å². The van der Waals surface area contributed by atoms with E-state index < -0.39 is 28.2 Å². The number of allylic oxidation sites excluding steroid dienone is 1. The molecule has 6 heteroatoms. The zero-order valence-electron chi connectivity index (χ0n) is 18.2. The van der Waals surface area contributed by atoms with Crippen molar-refractivity contribution < 1.29 is 19.5 Å². The lowest BCUT2D eigenvalue weighted by Gasteiger charge is -2.37. The quantitative estimate of drug-likeness (QED) is 0.310. The minimum Gasteiger partial charge on any atom is -0.506 e. The molecule has 1 saturated carbocycles. The van der Waals surface area contributed by atoms with Crippen LogP contribution in [0.2, 0.25) is 0 Å². The van der Waals surface area contributed by atoms with Crippen LogP contribution >= 0.6 is 11.3 Å². The van der Waals surface area contributed by atoms with Crippen molar-refractivity contribution in [2.45, 2.75) is 60.8 Å². The fourth-order valence-electron chi connectivity index (χ4n) is 3.77. The number of aliphatic hydroxyl groups is 1. The lowest BCUT2D eigenvalue weighted by molar-refractivity contribution is -0.151. The molecule has 1 N–H and O–H groups in total. The largest absolute Gasteiger partial charge is 0.506 e. The van der Waals surface area contributed by atoms with E-state index in [-0.39, 0.29) is 16.7 Å². The van der Waals surface area contributed by atoms with E-state index in [1.165, 1.54) is 27.7 Å². The molecule has 0 spiro atoms. The SMILES string of the molecule is Cc1c(C(O)=C2C(=O)C(C)(C)C(=O)C(C)(C)C2=O)ccc2sc(C(C)(C)C)nc12. The summed E-state index contributed by atoms with van der Waals surface area (Å²) in [6, 6.07) is 3.56. The third-order valence-electron chi connectivity index (χ3n) is 5.67. The van der Waals surface area contributed by atoms with Gasteiger partial charge in [-0.1, -0.05) is 20.8 Å². The van der Waals surface area contributed by atoms with Crippen molar-refractivity contribution >= 4 is 44.7 Å². The van der Waals surface area contributed by atoms with E-state index in [2.05, 4.69) is 20.8 Å². The van der Waals surface area contributed by atoms with Crippen LogP contribution in [0.5, 0.6) is 0 Å². The second kappa shape index (κ2) is 6.33. The van der Waals surface area contributed by atoms with Crippen molar-refractivity contribution in [2.24, 2.45) is 10.8 Å². The van der Waals surface area contributed by atoms with Gasteiger partial charge in [-0.05, 0) is 52.3 Å². The van der Waals surface area contributed by atoms with Gasteiger partial charge in [-0.2, -0.15) is 0 Å². The number of hydrogen-bond acceptors (Lipinski definition) is 6. The molecule has 3 rings (SSSR count). The Bertz CT molecular complexity index is 1080. The van der Waals surface area contributed by atoms with Crippen molar-refractivity contribution in [1.29, 1.82) is 0 Å². The number of aliphatic hydroxyl groups excluding tert-OH is 1. The smallest absolute Gasteiger partial charge is 0.183 e. The first-order valence-electron chi connectivity index (χ1n) is 9.60. The van der Waals surface area contributed by atoms with Crippen LogP contribution in [0.4, 0.5) is 0 Å². The monoisotopic (exact) mass is 413 g/mol. The number of Topliss-reactive ketones (excluding diaryl/α,β-unsaturated/α-hetero) is 3. The van der Waals surface area contributed by atoms with E-state index in [1.807, 2.05) is 13.0 Å². The topological polar surface area (TPSA) is 84.3 Å². The molecule has 0 aliphatic heterocycles. The van der Waals surface area contributed by atoms with Gasteiger partial charge >= 0.3 is 0 Å². The molecule has 0 radical (unpaired) electrons. The number of carbonyl (C=O) groups excluding carboxylic acids is 3. The molecule has 29 heavy (non-hydrogen) atoms. The Hall–Kier alpha value is -2.34. The maximum atomic E-state index is 13.0. The third kappa shape index (κ3) is 3.05. The van der Waals surface area contributed by atoms with Crippen molar-refractivity contribution in [3.63, 3.8) is 0 Å². The van der Waals surface area contributed by atoms with Gasteiger partial charge in [0.25, 0.3) is 0 Å². The molecule has 1 aromatic heterocycles. The zero-order chi connectivity index (χ0) is 22.1. The molecule has 5 nitrogen and oxygen atoms in total. The molecular formula is C23H27NO4S. The maximum absolute atomic E-state index is 13.0. The number of carbonyl (C=O) groups is 3. The van der Waals surface area contributed by atoms with Gasteiger partial charge in [0.05, 0.1) is 26.1 Å². The Morgan fingerprint density at radius 2 is 1.52 bits per heavy atom. The fraction of sp³-hybridized carbons (Fsp3) is 0.478. The van der Waals surface area contributed by atoms with E-state index in [9.17, 15) is 19.5 Å². The summed E-state index contributed by atoms with van der Waals surface area (Å²) in [6.45, 7) is 14.1. The van der Waals surface area contributed by atoms with Gasteiger partial charge in [0.1, 0.15) is 11.3 Å². The van der Waals surface area contributed by atoms with Crippen LogP contribution in [0, 0.1) is 17.8 Å². The number of ketones is 3. The predicted octanol–water partition coefficient (Wildman–Crippen LogP) is 4.94. The van der Waals surface area contributed by atoms with Gasteiger partial charge in [-0.25, -0.2) is 4.98 Å². The summed E-state index contributed by atoms with van der Waals surface area (Å²) in [5.74, 6) is -2.09. The molecule has 1 heterocycles. The minimum absolute atomic E-state index is 0.111. The van der Waals surface area contributed by atoms with Crippen molar-refractivity contribution in [3.05, 3.63) is 33.8 Å². The number of aromatic nitrogens is 1. The highest BCUT2D eigenvalue weighted by Crippen LogP contribution is 2.43. The molecule has 0 bridgehead atoms. The van der Waals surface area contributed by atoms with Crippen LogP contribution in [0.15, 0.2) is 17.7 Å². The molecule has 1 fully saturated rings. The summed E-state index contributed by atoms with van der Waals surface area (Å²) in [5.41, 5.74) is -1.32. The molecule has 154 valence electrons. The first-order chi connectivity index (χ1) is 13.1. The standard InChI is InChI=1S/C23H27NO4S/c1-11-12(9-10-13-15(11)24-20(29-13)21(2,3)4)16(25)14-17(26)22(5,6)19(28)23(7,8)18(14)27/h9-10,25H,1-8H3. The molecule has 1 aromatic carbocycles. The van der Waals surface area contributed by atoms with E-state index in [4.69, 9.17) is 4.98 Å². The number of nitrogens with zero attached hydrogens (tertiary/aromatic N) is 1. The van der Waals surface area contributed by atoms with Crippen molar-refractivity contribution in [1.82, 2.24) is 4.98 Å². The highest BCUT2D eigenvalue weighted by molar-refractivity contribution is 7.18. The van der Waals surface area contributed by atoms with Crippen LogP contribution in [0.1, 0.15) is 64.6 Å². The van der Waals surface area contributed by atoms with Gasteiger partial charge < -0.3 is 5.11 Å². The van der Waals surface area contributed by atoms with Crippen molar-refractivity contribution in [3.8, 4) is 0 Å². The van der Waals surface area contributed by atoms with Gasteiger partial charge in [0.2, 0.25) is 0 Å². The molecule has 1 aliphatic rings. The molecular weight excluding hydrogens is 386 g/mol. The molecule has 0 atom stereocenters. The molecule has 0 saturated heterocycles. The molecule has 2 aromatic rings. The summed E-state index contributed by atoms with van der Waals surface area (Å²) < 4.78 is 0.978. The third-order valence-corrected chi connectivity index (χ3v) is 7.12. The second-order valence-electron chi connectivity index (χ2n) is 9.81. The van der Waals surface area contributed by atoms with Gasteiger partial charge in [-0.3, -0.25) is 14.4 Å². The first-order valence-corrected chi connectivity index (χ1v) is 10.4. The number of hydrogen-bond donors (Lipinski definition) is 1. The summed E-state index contributed by atoms with van der Waals surface area (Å²) >= 11 is 1.59. The van der Waals surface area contributed by atoms with E-state index in [1.54, 1.807) is 17.4 Å². The highest BCUT2D eigenvalue weighted by Gasteiger charge is 2.56. The average Bonchev–Trinajstić information content (AvgIpc) is 3.05. The predicted molar refractivity (Wildman–Crippen MR) is 115 cm³/mol. The van der Waals surface area contributed by atoms with E-state index >= 15 is 0 Å². The van der Waals surface area contributed by atoms with Gasteiger partial charge in [0, 0.05) is 11.0 Å². The van der Waals surface area contributed by atoms with Crippen LogP contribution in [-0.4, -0.2) is 27.4 Å². The zero-order valence-corrected chi connectivity index (χ0v) is 19.0.